The molecule has 1 aromatic carbocycles. The van der Waals surface area contributed by atoms with Gasteiger partial charge in [-0.05, 0) is 6.07 Å². The van der Waals surface area contributed by atoms with Gasteiger partial charge in [-0.1, -0.05) is 32.0 Å². The molecule has 1 amide bonds. The third-order valence-electron chi connectivity index (χ3n) is 3.06. The van der Waals surface area contributed by atoms with Crippen molar-refractivity contribution in [3.63, 3.8) is 0 Å². The first-order valence-corrected chi connectivity index (χ1v) is 6.37. The van der Waals surface area contributed by atoms with E-state index < -0.39 is 0 Å². The molecule has 0 radical (unpaired) electrons. The van der Waals surface area contributed by atoms with Crippen LogP contribution in [-0.2, 0) is 10.2 Å². The SMILES string of the molecule is CC(C)(CNC(=O)CCl)c1coc2ccccc12. The Morgan fingerprint density at radius 2 is 2.11 bits per heavy atom. The van der Waals surface area contributed by atoms with Crippen LogP contribution in [0, 0.1) is 0 Å². The number of benzene rings is 1. The molecule has 4 heteroatoms. The van der Waals surface area contributed by atoms with Crippen LogP contribution in [0.15, 0.2) is 34.9 Å². The lowest BCUT2D eigenvalue weighted by atomic mass is 9.84. The Bertz CT molecular complexity index is 560. The lowest BCUT2D eigenvalue weighted by molar-refractivity contribution is -0.118. The van der Waals surface area contributed by atoms with E-state index in [0.29, 0.717) is 6.54 Å². The number of amides is 1. The number of nitrogens with one attached hydrogen (secondary N) is 1. The fraction of sp³-hybridized carbons (Fsp3) is 0.357. The van der Waals surface area contributed by atoms with E-state index in [4.69, 9.17) is 16.0 Å². The molecule has 0 spiro atoms. The van der Waals surface area contributed by atoms with Crippen LogP contribution < -0.4 is 5.32 Å². The molecular weight excluding hydrogens is 250 g/mol. The number of para-hydroxylation sites is 1. The molecule has 1 aromatic heterocycles. The number of carbonyl (C=O) groups excluding carboxylic acids is 1. The van der Waals surface area contributed by atoms with Crippen LogP contribution >= 0.6 is 11.6 Å². The second-order valence-electron chi connectivity index (χ2n) is 4.94. The summed E-state index contributed by atoms with van der Waals surface area (Å²) in [5.41, 5.74) is 1.76. The molecule has 0 bridgehead atoms. The van der Waals surface area contributed by atoms with E-state index in [2.05, 4.69) is 19.2 Å². The fourth-order valence-electron chi connectivity index (χ4n) is 1.96. The van der Waals surface area contributed by atoms with Crippen molar-refractivity contribution in [1.29, 1.82) is 0 Å². The maximum absolute atomic E-state index is 11.2. The van der Waals surface area contributed by atoms with Gasteiger partial charge >= 0.3 is 0 Å². The van der Waals surface area contributed by atoms with Crippen molar-refractivity contribution < 1.29 is 9.21 Å². The zero-order valence-corrected chi connectivity index (χ0v) is 11.3. The third-order valence-corrected chi connectivity index (χ3v) is 3.30. The number of hydrogen-bond donors (Lipinski definition) is 1. The van der Waals surface area contributed by atoms with Crippen LogP contribution in [0.3, 0.4) is 0 Å². The predicted octanol–water partition coefficient (Wildman–Crippen LogP) is 3.07. The van der Waals surface area contributed by atoms with E-state index in [1.165, 1.54) is 0 Å². The summed E-state index contributed by atoms with van der Waals surface area (Å²) in [6, 6.07) is 7.89. The average Bonchev–Trinajstić information content (AvgIpc) is 2.80. The number of fused-ring (bicyclic) bond motifs is 1. The van der Waals surface area contributed by atoms with Gasteiger partial charge in [-0.25, -0.2) is 0 Å². The minimum Gasteiger partial charge on any atom is -0.464 e. The average molecular weight is 266 g/mol. The summed E-state index contributed by atoms with van der Waals surface area (Å²) in [6.45, 7) is 4.67. The summed E-state index contributed by atoms with van der Waals surface area (Å²) in [5, 5.41) is 3.90. The van der Waals surface area contributed by atoms with Crippen molar-refractivity contribution in [3.8, 4) is 0 Å². The van der Waals surface area contributed by atoms with Gasteiger partial charge in [-0.15, -0.1) is 11.6 Å². The van der Waals surface area contributed by atoms with Crippen LogP contribution in [-0.4, -0.2) is 18.3 Å². The number of rotatable bonds is 4. The number of furan rings is 1. The largest absolute Gasteiger partial charge is 0.464 e. The summed E-state index contributed by atoms with van der Waals surface area (Å²) < 4.78 is 5.53. The third kappa shape index (κ3) is 2.51. The van der Waals surface area contributed by atoms with Crippen molar-refractivity contribution in [3.05, 3.63) is 36.1 Å². The molecule has 0 saturated heterocycles. The quantitative estimate of drug-likeness (QED) is 0.864. The van der Waals surface area contributed by atoms with Crippen molar-refractivity contribution in [2.75, 3.05) is 12.4 Å². The highest BCUT2D eigenvalue weighted by Crippen LogP contribution is 2.31. The molecule has 0 atom stereocenters. The monoisotopic (exact) mass is 265 g/mol. The van der Waals surface area contributed by atoms with E-state index >= 15 is 0 Å². The van der Waals surface area contributed by atoms with Crippen molar-refractivity contribution in [1.82, 2.24) is 5.32 Å². The van der Waals surface area contributed by atoms with Crippen LogP contribution in [0.4, 0.5) is 0 Å². The first kappa shape index (κ1) is 13.0. The summed E-state index contributed by atoms with van der Waals surface area (Å²) >= 11 is 5.47. The Morgan fingerprint density at radius 3 is 2.83 bits per heavy atom. The number of carbonyl (C=O) groups is 1. The zero-order valence-electron chi connectivity index (χ0n) is 10.5. The fourth-order valence-corrected chi connectivity index (χ4v) is 2.06. The molecule has 1 N–H and O–H groups in total. The molecule has 0 fully saturated rings. The summed E-state index contributed by atoms with van der Waals surface area (Å²) in [6.07, 6.45) is 1.76. The Balaban J connectivity index is 2.26. The minimum atomic E-state index is -0.200. The molecule has 0 unspecified atom stereocenters. The number of hydrogen-bond acceptors (Lipinski definition) is 2. The lowest BCUT2D eigenvalue weighted by Crippen LogP contribution is -2.37. The molecule has 0 aliphatic heterocycles. The molecule has 0 aliphatic carbocycles. The van der Waals surface area contributed by atoms with Crippen LogP contribution in [0.1, 0.15) is 19.4 Å². The van der Waals surface area contributed by atoms with Gasteiger partial charge in [0.15, 0.2) is 0 Å². The normalized spacial score (nSPS) is 11.7. The van der Waals surface area contributed by atoms with Gasteiger partial charge in [0.1, 0.15) is 11.5 Å². The molecule has 96 valence electrons. The highest BCUT2D eigenvalue weighted by molar-refractivity contribution is 6.27. The van der Waals surface area contributed by atoms with Crippen LogP contribution in [0.5, 0.6) is 0 Å². The van der Waals surface area contributed by atoms with E-state index in [1.807, 2.05) is 24.3 Å². The van der Waals surface area contributed by atoms with Gasteiger partial charge in [-0.2, -0.15) is 0 Å². The Morgan fingerprint density at radius 1 is 1.39 bits per heavy atom. The summed E-state index contributed by atoms with van der Waals surface area (Å²) in [5.74, 6) is -0.167. The second-order valence-corrected chi connectivity index (χ2v) is 5.21. The first-order chi connectivity index (χ1) is 8.54. The highest BCUT2D eigenvalue weighted by atomic mass is 35.5. The lowest BCUT2D eigenvalue weighted by Gasteiger charge is -2.24. The van der Waals surface area contributed by atoms with E-state index in [-0.39, 0.29) is 17.2 Å². The predicted molar refractivity (Wildman–Crippen MR) is 73.0 cm³/mol. The smallest absolute Gasteiger partial charge is 0.234 e. The maximum Gasteiger partial charge on any atom is 0.234 e. The van der Waals surface area contributed by atoms with Crippen molar-refractivity contribution in [2.45, 2.75) is 19.3 Å². The van der Waals surface area contributed by atoms with Crippen LogP contribution in [0.25, 0.3) is 11.0 Å². The molecule has 2 aromatic rings. The van der Waals surface area contributed by atoms with Gasteiger partial charge in [0, 0.05) is 22.9 Å². The number of alkyl halides is 1. The molecular formula is C14H16ClNO2. The van der Waals surface area contributed by atoms with E-state index in [9.17, 15) is 4.79 Å². The molecule has 2 rings (SSSR count). The highest BCUT2D eigenvalue weighted by Gasteiger charge is 2.25. The summed E-state index contributed by atoms with van der Waals surface area (Å²) in [4.78, 5) is 11.2. The topological polar surface area (TPSA) is 42.2 Å². The van der Waals surface area contributed by atoms with E-state index in [0.717, 1.165) is 16.5 Å². The van der Waals surface area contributed by atoms with E-state index in [1.54, 1.807) is 6.26 Å². The van der Waals surface area contributed by atoms with Crippen LogP contribution in [0.2, 0.25) is 0 Å². The van der Waals surface area contributed by atoms with Gasteiger partial charge < -0.3 is 9.73 Å². The van der Waals surface area contributed by atoms with Gasteiger partial charge in [-0.3, -0.25) is 4.79 Å². The Hall–Kier alpha value is -1.48. The number of halogens is 1. The second kappa shape index (κ2) is 5.02. The first-order valence-electron chi connectivity index (χ1n) is 5.84. The van der Waals surface area contributed by atoms with Gasteiger partial charge in [0.05, 0.1) is 6.26 Å². The summed E-state index contributed by atoms with van der Waals surface area (Å²) in [7, 11) is 0. The van der Waals surface area contributed by atoms with Gasteiger partial charge in [0.2, 0.25) is 5.91 Å². The van der Waals surface area contributed by atoms with Crippen molar-refractivity contribution >= 4 is 28.5 Å². The zero-order chi connectivity index (χ0) is 13.2. The molecule has 1 heterocycles. The Labute approximate surface area is 111 Å². The van der Waals surface area contributed by atoms with Crippen molar-refractivity contribution in [2.24, 2.45) is 0 Å². The Kier molecular flexibility index (Phi) is 3.62. The molecule has 0 saturated carbocycles. The minimum absolute atomic E-state index is 0.0117. The standard InChI is InChI=1S/C14H16ClNO2/c1-14(2,9-16-13(17)7-15)11-8-18-12-6-4-3-5-10(11)12/h3-6,8H,7,9H2,1-2H3,(H,16,17). The molecule has 0 aliphatic rings. The van der Waals surface area contributed by atoms with Gasteiger partial charge in [0.25, 0.3) is 0 Å². The molecule has 18 heavy (non-hydrogen) atoms. The molecule has 3 nitrogen and oxygen atoms in total. The maximum atomic E-state index is 11.2.